The highest BCUT2D eigenvalue weighted by molar-refractivity contribution is 8.54. The average molecular weight is 1100 g/mol. The van der Waals surface area contributed by atoms with Gasteiger partial charge in [0.05, 0.1) is 63.3 Å². The highest BCUT2D eigenvalue weighted by atomic mass is 32.7. The standard InChI is InChI=1S/C40H38F2N10O11P2S2.C4H8O2/c1-57-65(66)59-17-28-33-29(41)39(61-28)50-21-47-31-25(43-19-44-35(31)50)13-6-3-9-15-49(38(53)23-10-4-2-5-11-23)36-32-37(46-20-45-36)51(22-48-32)40-30(42)34(63-65)27(60-40)16-58-64(56,62-33)67-18-24-12-7-8-14-26(24)52(54)55;5-3-1-2-4-6/h2-5,7-12,14,19-22,27-30,33-34,39-40H,6,13,15-18H2,1H3;1-2,5-6H,3-4H2/b9-3+;2-1+/t27-,28-,29-,30-,33-,34-,39-,40?,64+,65-;/m1./s1/i3D,6D2,9D,15D2;1D,2D,3D2,4D2. The van der Waals surface area contributed by atoms with E-state index in [-0.39, 0.29) is 50.6 Å². The van der Waals surface area contributed by atoms with Crippen LogP contribution in [-0.2, 0) is 60.6 Å². The van der Waals surface area contributed by atoms with Crippen molar-refractivity contribution in [2.75, 3.05) is 44.8 Å². The first-order valence-electron chi connectivity index (χ1n) is 27.2. The van der Waals surface area contributed by atoms with E-state index in [0.29, 0.717) is 16.3 Å². The van der Waals surface area contributed by atoms with Gasteiger partial charge in [-0.25, -0.2) is 43.2 Å². The maximum Gasteiger partial charge on any atom is 0.390 e. The molecule has 6 aromatic rings. The molecule has 29 heteroatoms. The number of aromatic nitrogens is 8. The van der Waals surface area contributed by atoms with Gasteiger partial charge >= 0.3 is 13.5 Å². The van der Waals surface area contributed by atoms with E-state index >= 15 is 13.3 Å². The van der Waals surface area contributed by atoms with Gasteiger partial charge in [-0.05, 0) is 48.1 Å². The highest BCUT2D eigenvalue weighted by Gasteiger charge is 2.55. The van der Waals surface area contributed by atoms with Crippen LogP contribution in [-0.4, -0.2) is 137 Å². The van der Waals surface area contributed by atoms with Crippen LogP contribution in [0.1, 0.15) is 56.9 Å². The van der Waals surface area contributed by atoms with Crippen molar-refractivity contribution in [2.24, 2.45) is 0 Å². The maximum absolute atomic E-state index is 17.4. The van der Waals surface area contributed by atoms with Gasteiger partial charge in [-0.15, -0.1) is 0 Å². The molecule has 2 N–H and O–H groups in total. The van der Waals surface area contributed by atoms with E-state index in [1.54, 1.807) is 6.07 Å². The molecular formula is C44H46F2N10O13P2S2. The summed E-state index contributed by atoms with van der Waals surface area (Å²) in [6, 6.07) is 7.71. The van der Waals surface area contributed by atoms with Crippen LogP contribution in [0, 0.1) is 10.1 Å². The molecule has 0 spiro atoms. The first kappa shape index (κ1) is 39.1. The van der Waals surface area contributed by atoms with Crippen molar-refractivity contribution in [1.29, 1.82) is 0 Å². The van der Waals surface area contributed by atoms with Gasteiger partial charge in [0.1, 0.15) is 42.6 Å². The molecule has 0 aliphatic carbocycles. The Labute approximate surface area is 440 Å². The number of benzene rings is 2. The number of fused-ring (bicyclic) bond motifs is 10. The Hall–Kier alpha value is -5.38. The number of alkyl halides is 2. The second-order valence-corrected chi connectivity index (χ2v) is 22.4. The first-order chi connectivity index (χ1) is 39.8. The Morgan fingerprint density at radius 1 is 0.932 bits per heavy atom. The van der Waals surface area contributed by atoms with Crippen molar-refractivity contribution in [3.63, 3.8) is 0 Å². The third-order valence-electron chi connectivity index (χ3n) is 11.1. The van der Waals surface area contributed by atoms with Crippen molar-refractivity contribution in [3.8, 4) is 0 Å². The molecular weight excluding hydrogens is 1040 g/mol. The Balaban J connectivity index is 0.000000650. The van der Waals surface area contributed by atoms with Gasteiger partial charge in [-0.1, -0.05) is 60.6 Å². The van der Waals surface area contributed by atoms with Gasteiger partial charge in [-0.3, -0.25) is 42.5 Å². The summed E-state index contributed by atoms with van der Waals surface area (Å²) >= 11 is 6.17. The molecule has 73 heavy (non-hydrogen) atoms. The Morgan fingerprint density at radius 2 is 1.55 bits per heavy atom. The molecule has 0 saturated carbocycles. The van der Waals surface area contributed by atoms with E-state index in [0.717, 1.165) is 41.6 Å². The number of anilines is 1. The largest absolute Gasteiger partial charge is 0.392 e. The number of nitro benzene ring substituents is 1. The monoisotopic (exact) mass is 1100 g/mol. The van der Waals surface area contributed by atoms with Crippen LogP contribution in [0.2, 0.25) is 0 Å². The predicted molar refractivity (Wildman–Crippen MR) is 262 cm³/mol. The topological polar surface area (TPSA) is 273 Å². The maximum atomic E-state index is 17.4. The second-order valence-electron chi connectivity index (χ2n) is 15.3. The lowest BCUT2D eigenvalue weighted by Gasteiger charge is -2.31. The number of carbonyl (C=O) groups is 1. The molecule has 2 aromatic carbocycles. The number of ether oxygens (including phenoxy) is 2. The minimum Gasteiger partial charge on any atom is -0.392 e. The number of para-hydroxylation sites is 1. The van der Waals surface area contributed by atoms with Crippen molar-refractivity contribution in [2.45, 2.75) is 67.8 Å². The number of carbonyl (C=O) groups excluding carboxylic acids is 1. The predicted octanol–water partition coefficient (Wildman–Crippen LogP) is 6.45. The van der Waals surface area contributed by atoms with E-state index in [9.17, 15) is 17.7 Å². The number of rotatable bonds is 8. The zero-order valence-electron chi connectivity index (χ0n) is 49.3. The highest BCUT2D eigenvalue weighted by Crippen LogP contribution is 2.65. The minimum atomic E-state index is -4.80. The molecule has 1 amide bonds. The van der Waals surface area contributed by atoms with Crippen molar-refractivity contribution in [1.82, 2.24) is 39.0 Å². The summed E-state index contributed by atoms with van der Waals surface area (Å²) in [5.74, 6) is -2.08. The van der Waals surface area contributed by atoms with Gasteiger partial charge in [0.25, 0.3) is 11.6 Å². The number of amides is 1. The molecule has 23 nitrogen and oxygen atoms in total. The van der Waals surface area contributed by atoms with Crippen molar-refractivity contribution in [3.05, 3.63) is 131 Å². The molecule has 0 radical (unpaired) electrons. The molecule has 1 unspecified atom stereocenters. The SMILES string of the molecule is [2H]/C(=C(/[2H])C([2H])([2H])O)C([2H])([2H])O.[2H]/C1=C(/[2H])C([2H])([2H])N(C(=O)c2ccccc2)c2ncnc3c2ncn3C2O[C@@H]3CO[P@](=O)(SCc4ccccc4[N+](=O)[O-])O[C@H]4[C@@H](F)[C@@H](O[C@@H]4CO[P@](=S)(OC)O[C@H]3[C@H]2F)n2cnc3c(ncnc32)CC1([2H])[2H]. The minimum absolute atomic E-state index is 0.0908. The van der Waals surface area contributed by atoms with Crippen LogP contribution < -0.4 is 4.90 Å². The molecule has 3 saturated heterocycles. The van der Waals surface area contributed by atoms with Crippen molar-refractivity contribution >= 4 is 76.4 Å². The summed E-state index contributed by atoms with van der Waals surface area (Å²) < 4.78 is 189. The number of halogens is 2. The number of nitro groups is 1. The lowest BCUT2D eigenvalue weighted by molar-refractivity contribution is -0.385. The lowest BCUT2D eigenvalue weighted by atomic mass is 10.1. The van der Waals surface area contributed by atoms with Crippen LogP contribution in [0.25, 0.3) is 22.3 Å². The Morgan fingerprint density at radius 3 is 2.22 bits per heavy atom. The number of aliphatic hydroxyl groups is 2. The van der Waals surface area contributed by atoms with E-state index in [1.165, 1.54) is 48.5 Å². The van der Waals surface area contributed by atoms with Gasteiger partial charge < -0.3 is 28.7 Å². The molecule has 14 bridgehead atoms. The van der Waals surface area contributed by atoms with Crippen LogP contribution >= 0.6 is 24.9 Å². The zero-order chi connectivity index (χ0) is 61.9. The first-order valence-corrected chi connectivity index (χ1v) is 26.9. The quantitative estimate of drug-likeness (QED) is 0.0717. The van der Waals surface area contributed by atoms with Gasteiger partial charge in [0.2, 0.25) is 0 Å². The summed E-state index contributed by atoms with van der Waals surface area (Å²) in [5.41, 5.74) is -1.45. The Bertz CT molecular complexity index is 3690. The number of hydrogen-bond acceptors (Lipinski definition) is 21. The normalized spacial score (nSPS) is 34.2. The fraction of sp³-hybridized carbons (Fsp3) is 0.386. The second kappa shape index (κ2) is 23.0. The summed E-state index contributed by atoms with van der Waals surface area (Å²) in [6.07, 6.45) is -14.6. The van der Waals surface area contributed by atoms with Crippen LogP contribution in [0.3, 0.4) is 0 Å². The van der Waals surface area contributed by atoms with Crippen molar-refractivity contribution < 1.29 is 81.8 Å². The average Bonchev–Trinajstić information content (AvgIpc) is 2.20. The van der Waals surface area contributed by atoms with E-state index in [1.807, 2.05) is 0 Å². The Kier molecular flexibility index (Phi) is 12.3. The summed E-state index contributed by atoms with van der Waals surface area (Å²) in [7, 11) is 1.13. The van der Waals surface area contributed by atoms with Gasteiger partial charge in [0.15, 0.2) is 47.4 Å². The number of hydrogen-bond donors (Lipinski definition) is 2. The van der Waals surface area contributed by atoms with Crippen LogP contribution in [0.15, 0.2) is 104 Å². The molecule has 11 rings (SSSR count). The van der Waals surface area contributed by atoms with E-state index in [2.05, 4.69) is 29.9 Å². The molecule has 4 aromatic heterocycles. The third-order valence-corrected chi connectivity index (χ3v) is 17.2. The fourth-order valence-electron chi connectivity index (χ4n) is 7.79. The zero-order valence-corrected chi connectivity index (χ0v) is 40.7. The van der Waals surface area contributed by atoms with Crippen LogP contribution in [0.4, 0.5) is 20.3 Å². The fourth-order valence-corrected chi connectivity index (χ4v) is 12.8. The number of aryl methyl sites for hydroxylation is 1. The molecule has 386 valence electrons. The van der Waals surface area contributed by atoms with E-state index in [4.69, 9.17) is 67.8 Å². The molecule has 5 aliphatic heterocycles. The smallest absolute Gasteiger partial charge is 0.390 e. The third kappa shape index (κ3) is 11.2. The van der Waals surface area contributed by atoms with Gasteiger partial charge in [-0.2, -0.15) is 0 Å². The summed E-state index contributed by atoms with van der Waals surface area (Å²) in [6.45, 7) is -20.0. The number of allylic oxidation sites excluding steroid dienone is 1. The number of imidazole rings is 2. The number of nitrogens with zero attached hydrogens (tertiary/aromatic N) is 10. The summed E-state index contributed by atoms with van der Waals surface area (Å²) in [4.78, 5) is 51.9. The van der Waals surface area contributed by atoms with Gasteiger partial charge in [0, 0.05) is 39.3 Å². The van der Waals surface area contributed by atoms with Crippen LogP contribution in [0.5, 0.6) is 0 Å². The molecule has 10 atom stereocenters. The lowest BCUT2D eigenvalue weighted by Crippen LogP contribution is -2.37. The van der Waals surface area contributed by atoms with E-state index < -0.39 is 149 Å². The molecule has 5 aliphatic rings. The summed E-state index contributed by atoms with van der Waals surface area (Å²) in [5, 5.41) is 29.0. The molecule has 9 heterocycles. The molecule has 3 fully saturated rings.